The lowest BCUT2D eigenvalue weighted by atomic mass is 10.0. The summed E-state index contributed by atoms with van der Waals surface area (Å²) in [5.74, 6) is -2.03. The number of hydrogen-bond acceptors (Lipinski definition) is 1. The lowest BCUT2D eigenvalue weighted by Crippen LogP contribution is -2.00. The number of unbranched alkanes of at least 4 members (excludes halogenated alkanes) is 3. The number of carbonyl (C=O) groups excluding carboxylic acids is 1. The first kappa shape index (κ1) is 13.6. The van der Waals surface area contributed by atoms with Gasteiger partial charge in [0.2, 0.25) is 0 Å². The molecular formula is C14H16F2O. The van der Waals surface area contributed by atoms with Crippen molar-refractivity contribution in [1.82, 2.24) is 0 Å². The number of carbonyl (C=O) groups is 1. The summed E-state index contributed by atoms with van der Waals surface area (Å²) in [6.07, 6.45) is 5.89. The van der Waals surface area contributed by atoms with Gasteiger partial charge in [0.25, 0.3) is 0 Å². The topological polar surface area (TPSA) is 17.1 Å². The Morgan fingerprint density at radius 2 is 1.94 bits per heavy atom. The second-order valence-corrected chi connectivity index (χ2v) is 3.94. The smallest absolute Gasteiger partial charge is 0.162 e. The van der Waals surface area contributed by atoms with Crippen molar-refractivity contribution in [3.63, 3.8) is 0 Å². The molecule has 0 N–H and O–H groups in total. The van der Waals surface area contributed by atoms with Gasteiger partial charge in [-0.3, -0.25) is 4.79 Å². The van der Waals surface area contributed by atoms with Gasteiger partial charge < -0.3 is 0 Å². The molecule has 0 aromatic heterocycles. The van der Waals surface area contributed by atoms with E-state index in [0.717, 1.165) is 37.8 Å². The average molecular weight is 238 g/mol. The van der Waals surface area contributed by atoms with Gasteiger partial charge in [-0.05, 0) is 37.5 Å². The molecule has 1 rings (SSSR count). The van der Waals surface area contributed by atoms with Crippen LogP contribution in [0.15, 0.2) is 30.9 Å². The molecule has 0 aliphatic heterocycles. The fourth-order valence-corrected chi connectivity index (χ4v) is 1.56. The zero-order valence-corrected chi connectivity index (χ0v) is 9.72. The Labute approximate surface area is 100 Å². The SMILES string of the molecule is C=CCCCCCC(=O)c1ccc(F)c(F)c1. The van der Waals surface area contributed by atoms with Crippen LogP contribution in [0.1, 0.15) is 42.5 Å². The van der Waals surface area contributed by atoms with Crippen LogP contribution < -0.4 is 0 Å². The van der Waals surface area contributed by atoms with Crippen molar-refractivity contribution in [2.45, 2.75) is 32.1 Å². The van der Waals surface area contributed by atoms with E-state index in [1.807, 2.05) is 6.08 Å². The molecule has 92 valence electrons. The lowest BCUT2D eigenvalue weighted by molar-refractivity contribution is 0.0978. The molecule has 3 heteroatoms. The summed E-state index contributed by atoms with van der Waals surface area (Å²) in [6.45, 7) is 3.61. The van der Waals surface area contributed by atoms with E-state index in [1.54, 1.807) is 0 Å². The van der Waals surface area contributed by atoms with Gasteiger partial charge in [0.15, 0.2) is 17.4 Å². The Morgan fingerprint density at radius 1 is 1.18 bits per heavy atom. The van der Waals surface area contributed by atoms with Crippen LogP contribution in [0.2, 0.25) is 0 Å². The number of hydrogen-bond donors (Lipinski definition) is 0. The highest BCUT2D eigenvalue weighted by atomic mass is 19.2. The third kappa shape index (κ3) is 4.47. The standard InChI is InChI=1S/C14H16F2O/c1-2-3-4-5-6-7-14(17)11-8-9-12(15)13(16)10-11/h2,8-10H,1,3-7H2. The van der Waals surface area contributed by atoms with Crippen LogP contribution in [-0.2, 0) is 0 Å². The molecule has 1 aromatic carbocycles. The third-order valence-electron chi connectivity index (χ3n) is 2.55. The fourth-order valence-electron chi connectivity index (χ4n) is 1.56. The van der Waals surface area contributed by atoms with Gasteiger partial charge >= 0.3 is 0 Å². The number of halogens is 2. The zero-order chi connectivity index (χ0) is 12.7. The summed E-state index contributed by atoms with van der Waals surface area (Å²) in [6, 6.07) is 3.27. The predicted octanol–water partition coefficient (Wildman–Crippen LogP) is 4.28. The van der Waals surface area contributed by atoms with Crippen molar-refractivity contribution >= 4 is 5.78 Å². The largest absolute Gasteiger partial charge is 0.294 e. The molecule has 0 saturated carbocycles. The highest BCUT2D eigenvalue weighted by Crippen LogP contribution is 2.13. The lowest BCUT2D eigenvalue weighted by Gasteiger charge is -2.01. The Kier molecular flexibility index (Phi) is 5.53. The summed E-state index contributed by atoms with van der Waals surface area (Å²) in [5, 5.41) is 0. The Balaban J connectivity index is 2.41. The third-order valence-corrected chi connectivity index (χ3v) is 2.55. The predicted molar refractivity (Wildman–Crippen MR) is 64.0 cm³/mol. The monoisotopic (exact) mass is 238 g/mol. The van der Waals surface area contributed by atoms with Gasteiger partial charge in [0.1, 0.15) is 0 Å². The average Bonchev–Trinajstić information content (AvgIpc) is 2.32. The zero-order valence-electron chi connectivity index (χ0n) is 9.72. The molecule has 0 saturated heterocycles. The van der Waals surface area contributed by atoms with Gasteiger partial charge in [0.05, 0.1) is 0 Å². The summed E-state index contributed by atoms with van der Waals surface area (Å²) < 4.78 is 25.5. The van der Waals surface area contributed by atoms with Crippen molar-refractivity contribution in [2.75, 3.05) is 0 Å². The summed E-state index contributed by atoms with van der Waals surface area (Å²) in [7, 11) is 0. The number of rotatable bonds is 7. The van der Waals surface area contributed by atoms with Crippen LogP contribution in [0.25, 0.3) is 0 Å². The molecule has 0 fully saturated rings. The molecule has 1 nitrogen and oxygen atoms in total. The van der Waals surface area contributed by atoms with Crippen LogP contribution in [0.5, 0.6) is 0 Å². The van der Waals surface area contributed by atoms with Crippen molar-refractivity contribution in [2.24, 2.45) is 0 Å². The number of benzene rings is 1. The summed E-state index contributed by atoms with van der Waals surface area (Å²) in [4.78, 5) is 11.6. The molecule has 0 aliphatic rings. The number of allylic oxidation sites excluding steroid dienone is 1. The van der Waals surface area contributed by atoms with E-state index in [9.17, 15) is 13.6 Å². The van der Waals surface area contributed by atoms with E-state index in [0.29, 0.717) is 6.42 Å². The van der Waals surface area contributed by atoms with Crippen LogP contribution in [-0.4, -0.2) is 5.78 Å². The molecule has 0 radical (unpaired) electrons. The highest BCUT2D eigenvalue weighted by Gasteiger charge is 2.09. The Morgan fingerprint density at radius 3 is 2.59 bits per heavy atom. The normalized spacial score (nSPS) is 10.2. The minimum Gasteiger partial charge on any atom is -0.294 e. The first-order chi connectivity index (χ1) is 8.15. The van der Waals surface area contributed by atoms with Crippen LogP contribution >= 0.6 is 0 Å². The maximum absolute atomic E-state index is 12.9. The molecule has 0 heterocycles. The molecule has 0 amide bonds. The van der Waals surface area contributed by atoms with E-state index in [1.165, 1.54) is 6.07 Å². The van der Waals surface area contributed by atoms with Crippen molar-refractivity contribution in [3.8, 4) is 0 Å². The molecule has 0 atom stereocenters. The molecule has 1 aromatic rings. The van der Waals surface area contributed by atoms with Crippen molar-refractivity contribution in [3.05, 3.63) is 48.1 Å². The molecule has 17 heavy (non-hydrogen) atoms. The van der Waals surface area contributed by atoms with E-state index in [-0.39, 0.29) is 11.3 Å². The Hall–Kier alpha value is -1.51. The van der Waals surface area contributed by atoms with Crippen molar-refractivity contribution < 1.29 is 13.6 Å². The minimum atomic E-state index is -0.970. The highest BCUT2D eigenvalue weighted by molar-refractivity contribution is 5.95. The second-order valence-electron chi connectivity index (χ2n) is 3.94. The van der Waals surface area contributed by atoms with Gasteiger partial charge in [-0.1, -0.05) is 12.5 Å². The Bertz CT molecular complexity index is 399. The van der Waals surface area contributed by atoms with Gasteiger partial charge in [-0.15, -0.1) is 6.58 Å². The maximum atomic E-state index is 12.9. The van der Waals surface area contributed by atoms with Crippen LogP contribution in [0.3, 0.4) is 0 Å². The first-order valence-corrected chi connectivity index (χ1v) is 5.74. The van der Waals surface area contributed by atoms with Crippen LogP contribution in [0.4, 0.5) is 8.78 Å². The molecular weight excluding hydrogens is 222 g/mol. The number of Topliss-reactive ketones (excluding diaryl/α,β-unsaturated/α-hetero) is 1. The first-order valence-electron chi connectivity index (χ1n) is 5.74. The molecule has 0 unspecified atom stereocenters. The minimum absolute atomic E-state index is 0.137. The fraction of sp³-hybridized carbons (Fsp3) is 0.357. The molecule has 0 spiro atoms. The van der Waals surface area contributed by atoms with Crippen molar-refractivity contribution in [1.29, 1.82) is 0 Å². The number of ketones is 1. The second kappa shape index (κ2) is 6.94. The van der Waals surface area contributed by atoms with Gasteiger partial charge in [0, 0.05) is 12.0 Å². The van der Waals surface area contributed by atoms with E-state index >= 15 is 0 Å². The van der Waals surface area contributed by atoms with E-state index in [4.69, 9.17) is 0 Å². The maximum Gasteiger partial charge on any atom is 0.162 e. The molecule has 0 bridgehead atoms. The molecule has 0 aliphatic carbocycles. The quantitative estimate of drug-likeness (QED) is 0.393. The van der Waals surface area contributed by atoms with Gasteiger partial charge in [-0.25, -0.2) is 8.78 Å². The summed E-state index contributed by atoms with van der Waals surface area (Å²) >= 11 is 0. The summed E-state index contributed by atoms with van der Waals surface area (Å²) in [5.41, 5.74) is 0.243. The van der Waals surface area contributed by atoms with E-state index < -0.39 is 11.6 Å². The van der Waals surface area contributed by atoms with Gasteiger partial charge in [-0.2, -0.15) is 0 Å². The van der Waals surface area contributed by atoms with Crippen LogP contribution in [0, 0.1) is 11.6 Å². The van der Waals surface area contributed by atoms with E-state index in [2.05, 4.69) is 6.58 Å².